The highest BCUT2D eigenvalue weighted by Crippen LogP contribution is 2.24. The molecule has 2 aromatic heterocycles. The molecule has 15 heavy (non-hydrogen) atoms. The fraction of sp³-hybridized carbons (Fsp3) is 0.182. The van der Waals surface area contributed by atoms with Crippen LogP contribution in [0.25, 0.3) is 0 Å². The van der Waals surface area contributed by atoms with Crippen molar-refractivity contribution in [3.63, 3.8) is 0 Å². The topological polar surface area (TPSA) is 33.1 Å². The Morgan fingerprint density at radius 2 is 2.33 bits per heavy atom. The van der Waals surface area contributed by atoms with Crippen LogP contribution < -0.4 is 0 Å². The summed E-state index contributed by atoms with van der Waals surface area (Å²) in [6, 6.07) is 7.76. The van der Waals surface area contributed by atoms with E-state index in [0.717, 1.165) is 11.3 Å². The number of nitrogens with zero attached hydrogens (tertiary/aromatic N) is 1. The van der Waals surface area contributed by atoms with E-state index in [1.807, 2.05) is 29.6 Å². The number of aliphatic hydroxyl groups is 1. The van der Waals surface area contributed by atoms with Gasteiger partial charge in [0.1, 0.15) is 0 Å². The molecule has 0 aliphatic rings. The minimum absolute atomic E-state index is 0.445. The Morgan fingerprint density at radius 1 is 1.47 bits per heavy atom. The van der Waals surface area contributed by atoms with Crippen LogP contribution in [0.5, 0.6) is 0 Å². The van der Waals surface area contributed by atoms with E-state index in [1.165, 1.54) is 2.88 Å². The summed E-state index contributed by atoms with van der Waals surface area (Å²) < 4.78 is 1.20. The van der Waals surface area contributed by atoms with Crippen LogP contribution in [0.1, 0.15) is 17.4 Å². The van der Waals surface area contributed by atoms with Crippen molar-refractivity contribution in [3.05, 3.63) is 50.0 Å². The third-order valence-corrected chi connectivity index (χ3v) is 3.91. The standard InChI is InChI=1S/C11H10INOS/c12-11-5-8(7-15-11)10(14)6-9-3-1-2-4-13-9/h1-5,7,10,14H,6H2. The monoisotopic (exact) mass is 331 g/mol. The number of hydrogen-bond acceptors (Lipinski definition) is 3. The maximum Gasteiger partial charge on any atom is 0.0853 e. The Labute approximate surface area is 106 Å². The van der Waals surface area contributed by atoms with Gasteiger partial charge in [0, 0.05) is 18.3 Å². The van der Waals surface area contributed by atoms with Crippen molar-refractivity contribution in [2.24, 2.45) is 0 Å². The Balaban J connectivity index is 2.07. The molecule has 2 aromatic rings. The molecule has 1 N–H and O–H groups in total. The molecule has 0 aliphatic heterocycles. The van der Waals surface area contributed by atoms with Crippen molar-refractivity contribution < 1.29 is 5.11 Å². The van der Waals surface area contributed by atoms with Crippen LogP contribution in [0.3, 0.4) is 0 Å². The van der Waals surface area contributed by atoms with Gasteiger partial charge in [0.2, 0.25) is 0 Å². The van der Waals surface area contributed by atoms with Crippen molar-refractivity contribution in [1.29, 1.82) is 0 Å². The number of hydrogen-bond donors (Lipinski definition) is 1. The number of halogens is 1. The van der Waals surface area contributed by atoms with E-state index in [9.17, 15) is 5.11 Å². The van der Waals surface area contributed by atoms with E-state index in [0.29, 0.717) is 6.42 Å². The summed E-state index contributed by atoms with van der Waals surface area (Å²) in [7, 11) is 0. The second-order valence-corrected chi connectivity index (χ2v) is 6.03. The van der Waals surface area contributed by atoms with Crippen LogP contribution in [-0.4, -0.2) is 10.1 Å². The maximum absolute atomic E-state index is 9.95. The van der Waals surface area contributed by atoms with E-state index in [1.54, 1.807) is 17.5 Å². The molecule has 2 nitrogen and oxygen atoms in total. The van der Waals surface area contributed by atoms with Gasteiger partial charge in [-0.15, -0.1) is 11.3 Å². The molecule has 0 aliphatic carbocycles. The number of pyridine rings is 1. The minimum Gasteiger partial charge on any atom is -0.388 e. The van der Waals surface area contributed by atoms with Gasteiger partial charge in [0.15, 0.2) is 0 Å². The third-order valence-electron chi connectivity index (χ3n) is 2.10. The summed E-state index contributed by atoms with van der Waals surface area (Å²) in [5.74, 6) is 0. The molecule has 2 rings (SSSR count). The molecule has 0 radical (unpaired) electrons. The lowest BCUT2D eigenvalue weighted by molar-refractivity contribution is 0.177. The molecule has 0 amide bonds. The van der Waals surface area contributed by atoms with Crippen LogP contribution in [0, 0.1) is 2.88 Å². The predicted octanol–water partition coefficient (Wildman–Crippen LogP) is 3.02. The highest BCUT2D eigenvalue weighted by Gasteiger charge is 2.10. The zero-order chi connectivity index (χ0) is 10.7. The van der Waals surface area contributed by atoms with E-state index >= 15 is 0 Å². The first-order valence-corrected chi connectivity index (χ1v) is 6.53. The zero-order valence-corrected chi connectivity index (χ0v) is 10.9. The van der Waals surface area contributed by atoms with E-state index in [-0.39, 0.29) is 0 Å². The molecule has 1 atom stereocenters. The van der Waals surface area contributed by atoms with Crippen molar-refractivity contribution in [2.45, 2.75) is 12.5 Å². The highest BCUT2D eigenvalue weighted by atomic mass is 127. The highest BCUT2D eigenvalue weighted by molar-refractivity contribution is 14.1. The first-order valence-electron chi connectivity index (χ1n) is 4.57. The largest absolute Gasteiger partial charge is 0.388 e. The summed E-state index contributed by atoms with van der Waals surface area (Å²) in [4.78, 5) is 4.19. The lowest BCUT2D eigenvalue weighted by atomic mass is 10.1. The quantitative estimate of drug-likeness (QED) is 0.877. The minimum atomic E-state index is -0.445. The Kier molecular flexibility index (Phi) is 3.71. The van der Waals surface area contributed by atoms with Crippen LogP contribution >= 0.6 is 33.9 Å². The van der Waals surface area contributed by atoms with Gasteiger partial charge in [-0.1, -0.05) is 6.07 Å². The summed E-state index contributed by atoms with van der Waals surface area (Å²) in [6.45, 7) is 0. The summed E-state index contributed by atoms with van der Waals surface area (Å²) >= 11 is 3.91. The normalized spacial score (nSPS) is 12.7. The predicted molar refractivity (Wildman–Crippen MR) is 69.9 cm³/mol. The molecule has 0 spiro atoms. The molecule has 4 heteroatoms. The van der Waals surface area contributed by atoms with Gasteiger partial charge >= 0.3 is 0 Å². The van der Waals surface area contributed by atoms with Crippen molar-refractivity contribution >= 4 is 33.9 Å². The van der Waals surface area contributed by atoms with Crippen LogP contribution in [0.15, 0.2) is 35.8 Å². The van der Waals surface area contributed by atoms with Crippen molar-refractivity contribution in [3.8, 4) is 0 Å². The van der Waals surface area contributed by atoms with Gasteiger partial charge in [-0.05, 0) is 51.7 Å². The Hall–Kier alpha value is -0.460. The number of aromatic nitrogens is 1. The Bertz CT molecular complexity index is 429. The fourth-order valence-corrected chi connectivity index (χ4v) is 2.75. The van der Waals surface area contributed by atoms with Gasteiger partial charge in [-0.25, -0.2) is 0 Å². The number of rotatable bonds is 3. The molecule has 1 unspecified atom stereocenters. The average molecular weight is 331 g/mol. The average Bonchev–Trinajstić information content (AvgIpc) is 2.66. The van der Waals surface area contributed by atoms with E-state index in [2.05, 4.69) is 27.6 Å². The van der Waals surface area contributed by atoms with E-state index in [4.69, 9.17) is 0 Å². The molecule has 78 valence electrons. The molecule has 0 saturated heterocycles. The van der Waals surface area contributed by atoms with Crippen molar-refractivity contribution in [2.75, 3.05) is 0 Å². The lowest BCUT2D eigenvalue weighted by Gasteiger charge is -2.07. The summed E-state index contributed by atoms with van der Waals surface area (Å²) in [5, 5.41) is 11.9. The fourth-order valence-electron chi connectivity index (χ4n) is 1.33. The van der Waals surface area contributed by atoms with Gasteiger partial charge in [-0.3, -0.25) is 4.98 Å². The first-order chi connectivity index (χ1) is 7.25. The van der Waals surface area contributed by atoms with Gasteiger partial charge in [-0.2, -0.15) is 0 Å². The summed E-state index contributed by atoms with van der Waals surface area (Å²) in [6.07, 6.45) is 1.88. The molecule has 0 saturated carbocycles. The summed E-state index contributed by atoms with van der Waals surface area (Å²) in [5.41, 5.74) is 1.90. The molecule has 0 bridgehead atoms. The molecular weight excluding hydrogens is 321 g/mol. The van der Waals surface area contributed by atoms with E-state index < -0.39 is 6.10 Å². The molecule has 0 fully saturated rings. The second-order valence-electron chi connectivity index (χ2n) is 3.23. The zero-order valence-electron chi connectivity index (χ0n) is 7.93. The van der Waals surface area contributed by atoms with Crippen LogP contribution in [0.2, 0.25) is 0 Å². The first kappa shape index (κ1) is 11.0. The molecule has 2 heterocycles. The molecule has 0 aromatic carbocycles. The number of aliphatic hydroxyl groups excluding tert-OH is 1. The van der Waals surface area contributed by atoms with Crippen LogP contribution in [0.4, 0.5) is 0 Å². The SMILES string of the molecule is OC(Cc1ccccn1)c1csc(I)c1. The second kappa shape index (κ2) is 5.05. The van der Waals surface area contributed by atoms with Crippen molar-refractivity contribution in [1.82, 2.24) is 4.98 Å². The molecular formula is C11H10INOS. The maximum atomic E-state index is 9.95. The Morgan fingerprint density at radius 3 is 2.93 bits per heavy atom. The smallest absolute Gasteiger partial charge is 0.0853 e. The van der Waals surface area contributed by atoms with Crippen LogP contribution in [-0.2, 0) is 6.42 Å². The van der Waals surface area contributed by atoms with Gasteiger partial charge in [0.25, 0.3) is 0 Å². The van der Waals surface area contributed by atoms with Gasteiger partial charge < -0.3 is 5.11 Å². The third kappa shape index (κ3) is 2.99. The van der Waals surface area contributed by atoms with Gasteiger partial charge in [0.05, 0.1) is 8.99 Å². The lowest BCUT2D eigenvalue weighted by Crippen LogP contribution is -2.01. The number of thiophene rings is 1.